The monoisotopic (exact) mass is 474 g/mol. The molecule has 0 aliphatic carbocycles. The van der Waals surface area contributed by atoms with Crippen molar-refractivity contribution in [3.05, 3.63) is 52.2 Å². The SMILES string of the molecule is CC(=O)NCc1ccc(-c2csc(NC(=O)CSCC(=O)Nc3cccc(C)c3)n2)s1. The Balaban J connectivity index is 1.42. The molecule has 0 atom stereocenters. The summed E-state index contributed by atoms with van der Waals surface area (Å²) in [5.41, 5.74) is 2.60. The van der Waals surface area contributed by atoms with Crippen LogP contribution in [0.15, 0.2) is 41.8 Å². The molecule has 0 radical (unpaired) electrons. The number of anilines is 2. The van der Waals surface area contributed by atoms with E-state index in [9.17, 15) is 14.4 Å². The number of thiazole rings is 1. The van der Waals surface area contributed by atoms with E-state index in [1.165, 1.54) is 30.0 Å². The van der Waals surface area contributed by atoms with Crippen LogP contribution < -0.4 is 16.0 Å². The molecular weight excluding hydrogens is 452 g/mol. The van der Waals surface area contributed by atoms with E-state index in [4.69, 9.17) is 0 Å². The third kappa shape index (κ3) is 7.50. The third-order valence-electron chi connectivity index (χ3n) is 3.94. The van der Waals surface area contributed by atoms with Gasteiger partial charge in [0.25, 0.3) is 0 Å². The number of benzene rings is 1. The minimum atomic E-state index is -0.202. The first-order valence-electron chi connectivity index (χ1n) is 9.42. The van der Waals surface area contributed by atoms with E-state index in [1.54, 1.807) is 11.3 Å². The van der Waals surface area contributed by atoms with Gasteiger partial charge in [0.15, 0.2) is 5.13 Å². The summed E-state index contributed by atoms with van der Waals surface area (Å²) < 4.78 is 0. The summed E-state index contributed by atoms with van der Waals surface area (Å²) in [6.07, 6.45) is 0. The zero-order valence-electron chi connectivity index (χ0n) is 17.1. The molecule has 0 aliphatic rings. The maximum atomic E-state index is 12.2. The van der Waals surface area contributed by atoms with Crippen LogP contribution in [0.5, 0.6) is 0 Å². The lowest BCUT2D eigenvalue weighted by Crippen LogP contribution is -2.18. The molecular formula is C21H22N4O3S3. The molecule has 7 nitrogen and oxygen atoms in total. The lowest BCUT2D eigenvalue weighted by atomic mass is 10.2. The second-order valence-electron chi connectivity index (χ2n) is 6.67. The van der Waals surface area contributed by atoms with Gasteiger partial charge in [-0.05, 0) is 36.8 Å². The molecule has 0 unspecified atom stereocenters. The number of aromatic nitrogens is 1. The fourth-order valence-corrected chi connectivity index (χ4v) is 4.90. The first-order valence-corrected chi connectivity index (χ1v) is 12.3. The van der Waals surface area contributed by atoms with Crippen molar-refractivity contribution < 1.29 is 14.4 Å². The Labute approximate surface area is 192 Å². The van der Waals surface area contributed by atoms with Crippen molar-refractivity contribution in [3.63, 3.8) is 0 Å². The van der Waals surface area contributed by atoms with Crippen molar-refractivity contribution in [1.82, 2.24) is 10.3 Å². The van der Waals surface area contributed by atoms with Gasteiger partial charge in [0.2, 0.25) is 17.7 Å². The summed E-state index contributed by atoms with van der Waals surface area (Å²) in [4.78, 5) is 41.7. The molecule has 162 valence electrons. The van der Waals surface area contributed by atoms with Gasteiger partial charge in [-0.3, -0.25) is 14.4 Å². The number of carbonyl (C=O) groups excluding carboxylic acids is 3. The maximum absolute atomic E-state index is 12.2. The Hall–Kier alpha value is -2.69. The third-order valence-corrected chi connectivity index (χ3v) is 6.74. The molecule has 3 N–H and O–H groups in total. The second kappa shape index (κ2) is 11.1. The van der Waals surface area contributed by atoms with E-state index in [-0.39, 0.29) is 29.2 Å². The summed E-state index contributed by atoms with van der Waals surface area (Å²) >= 11 is 4.14. The van der Waals surface area contributed by atoms with Crippen LogP contribution in [0.2, 0.25) is 0 Å². The molecule has 0 spiro atoms. The van der Waals surface area contributed by atoms with Crippen molar-refractivity contribution in [1.29, 1.82) is 0 Å². The maximum Gasteiger partial charge on any atom is 0.236 e. The Morgan fingerprint density at radius 2 is 1.84 bits per heavy atom. The molecule has 2 heterocycles. The van der Waals surface area contributed by atoms with Crippen molar-refractivity contribution in [2.24, 2.45) is 0 Å². The topological polar surface area (TPSA) is 100 Å². The number of nitrogens with zero attached hydrogens (tertiary/aromatic N) is 1. The lowest BCUT2D eigenvalue weighted by Gasteiger charge is -2.06. The molecule has 31 heavy (non-hydrogen) atoms. The van der Waals surface area contributed by atoms with Crippen LogP contribution in [-0.4, -0.2) is 34.2 Å². The number of carbonyl (C=O) groups is 3. The predicted molar refractivity (Wildman–Crippen MR) is 129 cm³/mol. The highest BCUT2D eigenvalue weighted by Gasteiger charge is 2.11. The summed E-state index contributed by atoms with van der Waals surface area (Å²) in [7, 11) is 0. The summed E-state index contributed by atoms with van der Waals surface area (Å²) in [6, 6.07) is 11.5. The standard InChI is InChI=1S/C21H22N4O3S3/c1-13-4-3-5-15(8-13)23-19(27)11-29-12-20(28)25-21-24-17(10-30-21)18-7-6-16(31-18)9-22-14(2)26/h3-8,10H,9,11-12H2,1-2H3,(H,22,26)(H,23,27)(H,24,25,28). The van der Waals surface area contributed by atoms with Crippen molar-refractivity contribution in [2.45, 2.75) is 20.4 Å². The van der Waals surface area contributed by atoms with Crippen molar-refractivity contribution >= 4 is 63.0 Å². The zero-order valence-corrected chi connectivity index (χ0v) is 19.5. The van der Waals surface area contributed by atoms with Crippen LogP contribution in [0.4, 0.5) is 10.8 Å². The van der Waals surface area contributed by atoms with E-state index in [1.807, 2.05) is 48.7 Å². The van der Waals surface area contributed by atoms with E-state index in [2.05, 4.69) is 20.9 Å². The molecule has 0 saturated carbocycles. The average Bonchev–Trinajstić information content (AvgIpc) is 3.35. The Morgan fingerprint density at radius 3 is 2.58 bits per heavy atom. The average molecular weight is 475 g/mol. The van der Waals surface area contributed by atoms with Gasteiger partial charge >= 0.3 is 0 Å². The largest absolute Gasteiger partial charge is 0.351 e. The highest BCUT2D eigenvalue weighted by molar-refractivity contribution is 8.00. The number of hydrogen-bond donors (Lipinski definition) is 3. The quantitative estimate of drug-likeness (QED) is 0.433. The van der Waals surface area contributed by atoms with E-state index in [0.717, 1.165) is 26.7 Å². The van der Waals surface area contributed by atoms with Crippen LogP contribution in [0, 0.1) is 6.92 Å². The lowest BCUT2D eigenvalue weighted by molar-refractivity contribution is -0.119. The Bertz CT molecular complexity index is 1080. The molecule has 2 aromatic heterocycles. The number of hydrogen-bond acceptors (Lipinski definition) is 7. The van der Waals surface area contributed by atoms with Crippen molar-refractivity contribution in [3.8, 4) is 10.6 Å². The Morgan fingerprint density at radius 1 is 1.06 bits per heavy atom. The minimum absolute atomic E-state index is 0.0703. The summed E-state index contributed by atoms with van der Waals surface area (Å²) in [6.45, 7) is 3.93. The number of aryl methyl sites for hydroxylation is 1. The predicted octanol–water partition coefficient (Wildman–Crippen LogP) is 4.13. The number of rotatable bonds is 9. The first-order chi connectivity index (χ1) is 14.9. The van der Waals surface area contributed by atoms with Gasteiger partial charge in [-0.1, -0.05) is 12.1 Å². The van der Waals surface area contributed by atoms with E-state index in [0.29, 0.717) is 11.7 Å². The number of thiophene rings is 1. The van der Waals surface area contributed by atoms with Gasteiger partial charge < -0.3 is 16.0 Å². The second-order valence-corrected chi connectivity index (χ2v) is 9.68. The number of nitrogens with one attached hydrogen (secondary N) is 3. The molecule has 0 saturated heterocycles. The van der Waals surface area contributed by atoms with E-state index < -0.39 is 0 Å². The van der Waals surface area contributed by atoms with Crippen LogP contribution in [0.1, 0.15) is 17.4 Å². The minimum Gasteiger partial charge on any atom is -0.351 e. The van der Waals surface area contributed by atoms with Crippen molar-refractivity contribution in [2.75, 3.05) is 22.1 Å². The van der Waals surface area contributed by atoms with Gasteiger partial charge in [-0.15, -0.1) is 34.4 Å². The van der Waals surface area contributed by atoms with Crippen LogP contribution >= 0.6 is 34.4 Å². The van der Waals surface area contributed by atoms with E-state index >= 15 is 0 Å². The van der Waals surface area contributed by atoms with Crippen LogP contribution in [0.25, 0.3) is 10.6 Å². The van der Waals surface area contributed by atoms with Crippen LogP contribution in [-0.2, 0) is 20.9 Å². The molecule has 3 aromatic rings. The normalized spacial score (nSPS) is 10.5. The van der Waals surface area contributed by atoms with Gasteiger partial charge in [-0.25, -0.2) is 4.98 Å². The molecule has 0 aliphatic heterocycles. The summed E-state index contributed by atoms with van der Waals surface area (Å²) in [5, 5.41) is 10.8. The molecule has 10 heteroatoms. The van der Waals surface area contributed by atoms with Gasteiger partial charge in [-0.2, -0.15) is 0 Å². The van der Waals surface area contributed by atoms with Crippen LogP contribution in [0.3, 0.4) is 0 Å². The molecule has 0 bridgehead atoms. The van der Waals surface area contributed by atoms with Gasteiger partial charge in [0, 0.05) is 22.9 Å². The number of thioether (sulfide) groups is 1. The highest BCUT2D eigenvalue weighted by Crippen LogP contribution is 2.30. The van der Waals surface area contributed by atoms with Gasteiger partial charge in [0.05, 0.1) is 28.6 Å². The van der Waals surface area contributed by atoms with Gasteiger partial charge in [0.1, 0.15) is 0 Å². The fraction of sp³-hybridized carbons (Fsp3) is 0.238. The summed E-state index contributed by atoms with van der Waals surface area (Å²) in [5.74, 6) is -0.0640. The zero-order chi connectivity index (χ0) is 22.2. The number of amides is 3. The highest BCUT2D eigenvalue weighted by atomic mass is 32.2. The molecule has 1 aromatic carbocycles. The first kappa shape index (κ1) is 23.0. The fourth-order valence-electron chi connectivity index (χ4n) is 2.58. The molecule has 3 amide bonds. The smallest absolute Gasteiger partial charge is 0.236 e. The molecule has 3 rings (SSSR count). The Kier molecular flexibility index (Phi) is 8.21. The molecule has 0 fully saturated rings.